The van der Waals surface area contributed by atoms with Crippen LogP contribution in [0, 0.1) is 11.8 Å². The number of aliphatic hydroxyl groups is 4. The maximum absolute atomic E-state index is 12.5. The van der Waals surface area contributed by atoms with E-state index >= 15 is 0 Å². The van der Waals surface area contributed by atoms with Crippen LogP contribution in [0.3, 0.4) is 0 Å². The van der Waals surface area contributed by atoms with Crippen molar-refractivity contribution in [2.75, 3.05) is 6.61 Å². The van der Waals surface area contributed by atoms with Gasteiger partial charge in [-0.15, -0.1) is 0 Å². The average Bonchev–Trinajstić information content (AvgIpc) is 3.29. The molecule has 1 aliphatic carbocycles. The quantitative estimate of drug-likeness (QED) is 0.0428. The van der Waals surface area contributed by atoms with Crippen LogP contribution in [0.1, 0.15) is 162 Å². The fraction of sp³-hybridized carbons (Fsp3) is 0.842. The summed E-state index contributed by atoms with van der Waals surface area (Å²) in [6, 6.07) is -0.707. The monoisotopic (exact) mass is 636 g/mol. The highest BCUT2D eigenvalue weighted by molar-refractivity contribution is 5.84. The molecule has 0 unspecified atom stereocenters. The number of Topliss-reactive ketones (excluding diaryl/α,β-unsaturated/α-hetero) is 1. The summed E-state index contributed by atoms with van der Waals surface area (Å²) in [5.74, 6) is -0.529. The van der Waals surface area contributed by atoms with Crippen LogP contribution in [-0.4, -0.2) is 63.1 Å². The molecule has 0 aromatic heterocycles. The van der Waals surface area contributed by atoms with Gasteiger partial charge in [0.2, 0.25) is 5.91 Å². The molecule has 0 aromatic rings. The molecule has 1 amide bonds. The van der Waals surface area contributed by atoms with Gasteiger partial charge in [-0.3, -0.25) is 9.59 Å². The Morgan fingerprint density at radius 3 is 2.04 bits per heavy atom. The van der Waals surface area contributed by atoms with Crippen molar-refractivity contribution in [1.82, 2.24) is 5.32 Å². The molecule has 0 saturated heterocycles. The second-order valence-corrected chi connectivity index (χ2v) is 13.4. The Bertz CT molecular complexity index is 799. The Kier molecular flexibility index (Phi) is 25.4. The standard InChI is InChI=1S/C38H69NO6/c1-3-5-7-8-9-10-11-12-13-14-15-16-21-25-35(42)34(30-40)39-38(45)26-22-18-17-20-24-32-33(37(44)29-36(32)43)28-27-31(41)23-19-6-4-2/h21,25,27-28,31-35,37,40-42,44H,3-20,22-24,26,29-30H2,1-2H3,(H,39,45)/b25-21+,28-27+/t31-,32+,33+,34-,35+,37+/m0/s1. The van der Waals surface area contributed by atoms with E-state index in [4.69, 9.17) is 0 Å². The Morgan fingerprint density at radius 1 is 0.822 bits per heavy atom. The first-order valence-corrected chi connectivity index (χ1v) is 18.7. The van der Waals surface area contributed by atoms with E-state index in [0.717, 1.165) is 51.4 Å². The summed E-state index contributed by atoms with van der Waals surface area (Å²) in [5, 5.41) is 43.5. The fourth-order valence-electron chi connectivity index (χ4n) is 6.37. The SMILES string of the molecule is CCCCCCCCCCCCC/C=C/[C@@H](O)[C@H](CO)NC(=O)CCCCCC[C@H]1C(=O)C[C@@H](O)[C@@H]1/C=C/[C@@H](O)CCCCC. The maximum Gasteiger partial charge on any atom is 0.220 e. The molecule has 1 fully saturated rings. The lowest BCUT2D eigenvalue weighted by Gasteiger charge is -2.20. The average molecular weight is 636 g/mol. The molecule has 45 heavy (non-hydrogen) atoms. The minimum absolute atomic E-state index is 0.0958. The van der Waals surface area contributed by atoms with Crippen LogP contribution >= 0.6 is 0 Å². The van der Waals surface area contributed by atoms with Gasteiger partial charge in [0.05, 0.1) is 31.0 Å². The molecule has 0 bridgehead atoms. The third-order valence-corrected chi connectivity index (χ3v) is 9.32. The van der Waals surface area contributed by atoms with Gasteiger partial charge >= 0.3 is 0 Å². The molecule has 6 atom stereocenters. The van der Waals surface area contributed by atoms with Crippen molar-refractivity contribution < 1.29 is 30.0 Å². The normalized spacial score (nSPS) is 20.8. The number of carbonyl (C=O) groups is 2. The first-order valence-electron chi connectivity index (χ1n) is 18.7. The number of hydrogen-bond acceptors (Lipinski definition) is 6. The second kappa shape index (κ2) is 27.6. The Morgan fingerprint density at radius 2 is 1.40 bits per heavy atom. The third-order valence-electron chi connectivity index (χ3n) is 9.32. The van der Waals surface area contributed by atoms with Crippen molar-refractivity contribution in [3.8, 4) is 0 Å². The number of amides is 1. The minimum atomic E-state index is -0.912. The minimum Gasteiger partial charge on any atom is -0.394 e. The maximum atomic E-state index is 12.5. The van der Waals surface area contributed by atoms with Gasteiger partial charge in [-0.2, -0.15) is 0 Å². The number of carbonyl (C=O) groups excluding carboxylic acids is 2. The summed E-state index contributed by atoms with van der Waals surface area (Å²) in [6.07, 6.45) is 28.6. The molecule has 0 spiro atoms. The summed E-state index contributed by atoms with van der Waals surface area (Å²) in [6.45, 7) is 4.06. The summed E-state index contributed by atoms with van der Waals surface area (Å²) in [5.41, 5.74) is 0. The van der Waals surface area contributed by atoms with Gasteiger partial charge in [0.1, 0.15) is 5.78 Å². The lowest BCUT2D eigenvalue weighted by Crippen LogP contribution is -2.45. The van der Waals surface area contributed by atoms with Gasteiger partial charge in [-0.05, 0) is 32.1 Å². The van der Waals surface area contributed by atoms with E-state index < -0.39 is 24.4 Å². The van der Waals surface area contributed by atoms with E-state index in [9.17, 15) is 30.0 Å². The van der Waals surface area contributed by atoms with Gasteiger partial charge in [-0.25, -0.2) is 0 Å². The van der Waals surface area contributed by atoms with Crippen LogP contribution in [0.15, 0.2) is 24.3 Å². The molecule has 0 radical (unpaired) electrons. The zero-order chi connectivity index (χ0) is 33.1. The van der Waals surface area contributed by atoms with Gasteiger partial charge in [0, 0.05) is 24.7 Å². The topological polar surface area (TPSA) is 127 Å². The lowest BCUT2D eigenvalue weighted by molar-refractivity contribution is -0.123. The number of unbranched alkanes of at least 4 members (excludes halogenated alkanes) is 16. The van der Waals surface area contributed by atoms with Crippen LogP contribution in [0.25, 0.3) is 0 Å². The van der Waals surface area contributed by atoms with Crippen LogP contribution in [0.4, 0.5) is 0 Å². The Labute approximate surface area is 275 Å². The second-order valence-electron chi connectivity index (χ2n) is 13.4. The van der Waals surface area contributed by atoms with E-state index in [1.165, 1.54) is 64.2 Å². The fourth-order valence-corrected chi connectivity index (χ4v) is 6.37. The van der Waals surface area contributed by atoms with Crippen molar-refractivity contribution in [2.45, 2.75) is 186 Å². The molecular formula is C38H69NO6. The van der Waals surface area contributed by atoms with Crippen molar-refractivity contribution >= 4 is 11.7 Å². The Hall–Kier alpha value is -1.54. The highest BCUT2D eigenvalue weighted by atomic mass is 16.3. The van der Waals surface area contributed by atoms with Crippen molar-refractivity contribution in [2.24, 2.45) is 11.8 Å². The van der Waals surface area contributed by atoms with E-state index in [1.807, 2.05) is 12.2 Å². The van der Waals surface area contributed by atoms with E-state index in [2.05, 4.69) is 19.2 Å². The van der Waals surface area contributed by atoms with Crippen LogP contribution in [-0.2, 0) is 9.59 Å². The molecule has 0 aliphatic heterocycles. The molecule has 0 aromatic carbocycles. The first-order chi connectivity index (χ1) is 21.8. The molecule has 1 aliphatic rings. The Balaban J connectivity index is 2.18. The number of allylic oxidation sites excluding steroid dienone is 1. The highest BCUT2D eigenvalue weighted by Crippen LogP contribution is 2.34. The van der Waals surface area contributed by atoms with Crippen molar-refractivity contribution in [3.63, 3.8) is 0 Å². The van der Waals surface area contributed by atoms with Crippen LogP contribution < -0.4 is 5.32 Å². The molecule has 5 N–H and O–H groups in total. The van der Waals surface area contributed by atoms with E-state index in [-0.39, 0.29) is 36.6 Å². The van der Waals surface area contributed by atoms with Gasteiger partial charge < -0.3 is 25.7 Å². The summed E-state index contributed by atoms with van der Waals surface area (Å²) >= 11 is 0. The predicted molar refractivity (Wildman–Crippen MR) is 185 cm³/mol. The number of aliphatic hydroxyl groups excluding tert-OH is 4. The van der Waals surface area contributed by atoms with Crippen LogP contribution in [0.5, 0.6) is 0 Å². The van der Waals surface area contributed by atoms with E-state index in [0.29, 0.717) is 25.7 Å². The molecule has 7 heteroatoms. The van der Waals surface area contributed by atoms with E-state index in [1.54, 1.807) is 12.2 Å². The zero-order valence-corrected chi connectivity index (χ0v) is 28.8. The number of ketones is 1. The number of rotatable bonds is 29. The summed E-state index contributed by atoms with van der Waals surface area (Å²) < 4.78 is 0. The van der Waals surface area contributed by atoms with Gasteiger partial charge in [0.15, 0.2) is 0 Å². The van der Waals surface area contributed by atoms with Crippen LogP contribution in [0.2, 0.25) is 0 Å². The molecule has 262 valence electrons. The third kappa shape index (κ3) is 20.3. The number of nitrogens with one attached hydrogen (secondary N) is 1. The largest absolute Gasteiger partial charge is 0.394 e. The molecule has 0 heterocycles. The van der Waals surface area contributed by atoms with Gasteiger partial charge in [0.25, 0.3) is 0 Å². The smallest absolute Gasteiger partial charge is 0.220 e. The predicted octanol–water partition coefficient (Wildman–Crippen LogP) is 7.49. The lowest BCUT2D eigenvalue weighted by atomic mass is 9.88. The highest BCUT2D eigenvalue weighted by Gasteiger charge is 2.39. The first kappa shape index (κ1) is 41.5. The summed E-state index contributed by atoms with van der Waals surface area (Å²) in [7, 11) is 0. The van der Waals surface area contributed by atoms with Gasteiger partial charge in [-0.1, -0.05) is 141 Å². The molecule has 1 rings (SSSR count). The molecule has 7 nitrogen and oxygen atoms in total. The van der Waals surface area contributed by atoms with Crippen molar-refractivity contribution in [3.05, 3.63) is 24.3 Å². The number of hydrogen-bond donors (Lipinski definition) is 5. The molecule has 1 saturated carbocycles. The summed E-state index contributed by atoms with van der Waals surface area (Å²) in [4.78, 5) is 24.9. The molecular weight excluding hydrogens is 566 g/mol. The zero-order valence-electron chi connectivity index (χ0n) is 28.8. The van der Waals surface area contributed by atoms with Crippen molar-refractivity contribution in [1.29, 1.82) is 0 Å².